The molecule has 1 amide bonds. The molecule has 0 aromatic heterocycles. The average Bonchev–Trinajstić information content (AvgIpc) is 3.27. The molecule has 8 heteroatoms. The van der Waals surface area contributed by atoms with Crippen molar-refractivity contribution in [1.29, 1.82) is 0 Å². The summed E-state index contributed by atoms with van der Waals surface area (Å²) in [4.78, 5) is 20.8. The molecule has 2 aliphatic rings. The minimum atomic E-state index is -1.76. The molecule has 0 bridgehead atoms. The Balaban J connectivity index is 1.72. The standard InChI is InChI=1S/C34H36BN3O4/c1-5-36(6-2)23-17-19-27-31(21-23)42-32-22-24(37(7-3)8-4)18-20-28(32)34(27)26-14-10-9-13-25(26)33(39)38(34)30-16-12-11-15-29(30)35(40)41/h9-22,40-41H,5-8H2,1-4H3. The van der Waals surface area contributed by atoms with Gasteiger partial charge in [0.15, 0.2) is 0 Å². The van der Waals surface area contributed by atoms with E-state index in [1.165, 1.54) is 0 Å². The number of carbonyl (C=O) groups excluding carboxylic acids is 1. The van der Waals surface area contributed by atoms with E-state index in [9.17, 15) is 14.8 Å². The van der Waals surface area contributed by atoms with Crippen LogP contribution in [0.15, 0.2) is 84.9 Å². The molecule has 1 spiro atoms. The minimum Gasteiger partial charge on any atom is -0.456 e. The normalized spacial score (nSPS) is 14.2. The zero-order valence-corrected chi connectivity index (χ0v) is 24.5. The van der Waals surface area contributed by atoms with E-state index in [0.717, 1.165) is 54.2 Å². The molecule has 4 aromatic rings. The molecule has 0 radical (unpaired) electrons. The van der Waals surface area contributed by atoms with Crippen molar-refractivity contribution in [2.24, 2.45) is 0 Å². The van der Waals surface area contributed by atoms with Gasteiger partial charge in [0.1, 0.15) is 17.0 Å². The van der Waals surface area contributed by atoms with Gasteiger partial charge in [-0.2, -0.15) is 0 Å². The molecule has 2 N–H and O–H groups in total. The third-order valence-corrected chi connectivity index (χ3v) is 8.73. The van der Waals surface area contributed by atoms with Crippen LogP contribution in [0.1, 0.15) is 54.7 Å². The Morgan fingerprint density at radius 1 is 0.714 bits per heavy atom. The van der Waals surface area contributed by atoms with E-state index < -0.39 is 12.7 Å². The van der Waals surface area contributed by atoms with E-state index in [1.54, 1.807) is 23.1 Å². The van der Waals surface area contributed by atoms with Crippen molar-refractivity contribution in [1.82, 2.24) is 0 Å². The van der Waals surface area contributed by atoms with Gasteiger partial charge < -0.3 is 24.6 Å². The van der Waals surface area contributed by atoms with Gasteiger partial charge in [-0.05, 0) is 52.0 Å². The first-order chi connectivity index (χ1) is 20.4. The number of anilines is 3. The fourth-order valence-electron chi connectivity index (χ4n) is 6.73. The Hall–Kier alpha value is -4.27. The highest BCUT2D eigenvalue weighted by Gasteiger charge is 2.57. The van der Waals surface area contributed by atoms with Crippen molar-refractivity contribution < 1.29 is 19.6 Å². The SMILES string of the molecule is CCN(CC)c1ccc2c(c1)Oc1cc(N(CC)CC)ccc1C21c2ccccc2C(=O)N1c1ccccc1B(O)O. The number of benzene rings is 4. The van der Waals surface area contributed by atoms with Gasteiger partial charge in [-0.15, -0.1) is 0 Å². The molecule has 0 fully saturated rings. The molecular weight excluding hydrogens is 525 g/mol. The summed E-state index contributed by atoms with van der Waals surface area (Å²) in [5.41, 5.74) is 4.70. The number of hydrogen-bond donors (Lipinski definition) is 2. The number of nitrogens with zero attached hydrogens (tertiary/aromatic N) is 3. The molecule has 0 saturated heterocycles. The smallest absolute Gasteiger partial charge is 0.456 e. The van der Waals surface area contributed by atoms with Gasteiger partial charge in [-0.25, -0.2) is 0 Å². The number of amides is 1. The van der Waals surface area contributed by atoms with Crippen LogP contribution in [0.3, 0.4) is 0 Å². The Morgan fingerprint density at radius 2 is 1.24 bits per heavy atom. The lowest BCUT2D eigenvalue weighted by Crippen LogP contribution is -2.50. The molecular formula is C34H36BN3O4. The van der Waals surface area contributed by atoms with E-state index >= 15 is 0 Å². The Bertz CT molecular complexity index is 1590. The maximum absolute atomic E-state index is 14.5. The second-order valence-corrected chi connectivity index (χ2v) is 10.6. The molecule has 4 aromatic carbocycles. The molecule has 2 aliphatic heterocycles. The number of para-hydroxylation sites is 1. The minimum absolute atomic E-state index is 0.210. The van der Waals surface area contributed by atoms with Gasteiger partial charge in [0.2, 0.25) is 0 Å². The van der Waals surface area contributed by atoms with Crippen molar-refractivity contribution in [2.75, 3.05) is 40.9 Å². The van der Waals surface area contributed by atoms with E-state index in [1.807, 2.05) is 30.3 Å². The van der Waals surface area contributed by atoms with Crippen molar-refractivity contribution in [3.63, 3.8) is 0 Å². The summed E-state index contributed by atoms with van der Waals surface area (Å²) < 4.78 is 6.75. The number of ether oxygens (including phenoxy) is 1. The van der Waals surface area contributed by atoms with Crippen LogP contribution in [-0.2, 0) is 5.54 Å². The number of rotatable bonds is 8. The number of fused-ring (bicyclic) bond motifs is 6. The maximum atomic E-state index is 14.5. The van der Waals surface area contributed by atoms with Crippen LogP contribution in [0.5, 0.6) is 11.5 Å². The molecule has 0 aliphatic carbocycles. The topological polar surface area (TPSA) is 76.5 Å². The largest absolute Gasteiger partial charge is 0.490 e. The third kappa shape index (κ3) is 4.01. The highest BCUT2D eigenvalue weighted by Crippen LogP contribution is 2.59. The van der Waals surface area contributed by atoms with E-state index in [-0.39, 0.29) is 11.4 Å². The lowest BCUT2D eigenvalue weighted by Gasteiger charge is -2.45. The number of hydrogen-bond acceptors (Lipinski definition) is 6. The summed E-state index contributed by atoms with van der Waals surface area (Å²) in [6.07, 6.45) is 0. The summed E-state index contributed by atoms with van der Waals surface area (Å²) in [6.45, 7) is 11.9. The summed E-state index contributed by atoms with van der Waals surface area (Å²) >= 11 is 0. The molecule has 42 heavy (non-hydrogen) atoms. The summed E-state index contributed by atoms with van der Waals surface area (Å²) in [5, 5.41) is 20.9. The second kappa shape index (κ2) is 10.9. The van der Waals surface area contributed by atoms with Crippen molar-refractivity contribution in [2.45, 2.75) is 33.2 Å². The van der Waals surface area contributed by atoms with Crippen LogP contribution < -0.4 is 24.9 Å². The first kappa shape index (κ1) is 27.9. The lowest BCUT2D eigenvalue weighted by molar-refractivity contribution is 0.0986. The van der Waals surface area contributed by atoms with Crippen LogP contribution in [0, 0.1) is 0 Å². The second-order valence-electron chi connectivity index (χ2n) is 10.6. The summed E-state index contributed by atoms with van der Waals surface area (Å²) in [7, 11) is -1.76. The molecule has 0 unspecified atom stereocenters. The van der Waals surface area contributed by atoms with Gasteiger partial charge in [0.25, 0.3) is 5.91 Å². The first-order valence-corrected chi connectivity index (χ1v) is 14.8. The molecule has 2 heterocycles. The highest BCUT2D eigenvalue weighted by atomic mass is 16.5. The van der Waals surface area contributed by atoms with Crippen molar-refractivity contribution in [3.8, 4) is 11.5 Å². The van der Waals surface area contributed by atoms with Crippen LogP contribution in [-0.4, -0.2) is 49.3 Å². The van der Waals surface area contributed by atoms with Crippen LogP contribution in [0.4, 0.5) is 17.1 Å². The molecule has 0 atom stereocenters. The van der Waals surface area contributed by atoms with E-state index in [4.69, 9.17) is 4.74 Å². The molecule has 6 rings (SSSR count). The van der Waals surface area contributed by atoms with E-state index in [0.29, 0.717) is 22.7 Å². The zero-order valence-electron chi connectivity index (χ0n) is 24.5. The Labute approximate surface area is 247 Å². The van der Waals surface area contributed by atoms with Crippen molar-refractivity contribution in [3.05, 3.63) is 107 Å². The van der Waals surface area contributed by atoms with Crippen LogP contribution in [0.2, 0.25) is 0 Å². The molecule has 7 nitrogen and oxygen atoms in total. The average molecular weight is 561 g/mol. The lowest BCUT2D eigenvalue weighted by atomic mass is 9.73. The number of carbonyl (C=O) groups is 1. The highest BCUT2D eigenvalue weighted by molar-refractivity contribution is 6.61. The van der Waals surface area contributed by atoms with Gasteiger partial charge in [-0.1, -0.05) is 48.5 Å². The summed E-state index contributed by atoms with van der Waals surface area (Å²) in [6, 6.07) is 27.1. The van der Waals surface area contributed by atoms with Gasteiger partial charge in [-0.3, -0.25) is 9.69 Å². The molecule has 214 valence electrons. The third-order valence-electron chi connectivity index (χ3n) is 8.73. The molecule has 0 saturated carbocycles. The predicted octanol–water partition coefficient (Wildman–Crippen LogP) is 5.12. The fraction of sp³-hybridized carbons (Fsp3) is 0.265. The van der Waals surface area contributed by atoms with Gasteiger partial charge >= 0.3 is 7.12 Å². The zero-order chi connectivity index (χ0) is 29.6. The first-order valence-electron chi connectivity index (χ1n) is 14.8. The van der Waals surface area contributed by atoms with Gasteiger partial charge in [0.05, 0.1) is 0 Å². The van der Waals surface area contributed by atoms with Crippen LogP contribution >= 0.6 is 0 Å². The quantitative estimate of drug-likeness (QED) is 0.291. The maximum Gasteiger partial charge on any atom is 0.490 e. The van der Waals surface area contributed by atoms with Crippen LogP contribution in [0.25, 0.3) is 0 Å². The van der Waals surface area contributed by atoms with Gasteiger partial charge in [0, 0.05) is 83.1 Å². The van der Waals surface area contributed by atoms with E-state index in [2.05, 4.69) is 73.9 Å². The summed E-state index contributed by atoms with van der Waals surface area (Å²) in [5.74, 6) is 1.12. The Kier molecular flexibility index (Phi) is 7.21. The Morgan fingerprint density at radius 3 is 1.79 bits per heavy atom. The predicted molar refractivity (Wildman–Crippen MR) is 169 cm³/mol. The van der Waals surface area contributed by atoms with Crippen molar-refractivity contribution >= 4 is 35.6 Å². The monoisotopic (exact) mass is 561 g/mol. The fourth-order valence-corrected chi connectivity index (χ4v) is 6.73.